The Morgan fingerprint density at radius 1 is 1.47 bits per heavy atom. The van der Waals surface area contributed by atoms with Gasteiger partial charge in [-0.15, -0.1) is 11.3 Å². The zero-order valence-corrected chi connectivity index (χ0v) is 12.7. The second kappa shape index (κ2) is 4.97. The molecule has 2 aromatic heterocycles. The molecule has 0 saturated heterocycles. The monoisotopic (exact) mass is 295 g/mol. The van der Waals surface area contributed by atoms with E-state index in [4.69, 9.17) is 16.0 Å². The fourth-order valence-electron chi connectivity index (χ4n) is 2.47. The standard InChI is InChI=1S/C15H18ClNOS/c1-15(2)8-10(15)9-17-14(11-4-3-7-18-11)12-5-6-13(16)19-12/h3-7,10,14,17H,8-9H2,1-2H3. The van der Waals surface area contributed by atoms with Crippen LogP contribution < -0.4 is 5.32 Å². The highest BCUT2D eigenvalue weighted by molar-refractivity contribution is 7.16. The van der Waals surface area contributed by atoms with Crippen molar-refractivity contribution in [2.24, 2.45) is 11.3 Å². The maximum absolute atomic E-state index is 6.05. The van der Waals surface area contributed by atoms with Crippen molar-refractivity contribution < 1.29 is 4.42 Å². The third-order valence-electron chi connectivity index (χ3n) is 3.99. The molecule has 0 aromatic carbocycles. The number of thiophene rings is 1. The van der Waals surface area contributed by atoms with Crippen LogP contribution in [0.3, 0.4) is 0 Å². The summed E-state index contributed by atoms with van der Waals surface area (Å²) in [4.78, 5) is 1.21. The fourth-order valence-corrected chi connectivity index (χ4v) is 3.61. The first kappa shape index (κ1) is 13.2. The molecule has 2 nitrogen and oxygen atoms in total. The Balaban J connectivity index is 1.74. The van der Waals surface area contributed by atoms with E-state index >= 15 is 0 Å². The summed E-state index contributed by atoms with van der Waals surface area (Å²) in [6.45, 7) is 5.67. The van der Waals surface area contributed by atoms with Gasteiger partial charge in [-0.05, 0) is 48.6 Å². The van der Waals surface area contributed by atoms with Crippen molar-refractivity contribution in [2.45, 2.75) is 26.3 Å². The lowest BCUT2D eigenvalue weighted by Gasteiger charge is -2.15. The third-order valence-corrected chi connectivity index (χ3v) is 5.29. The molecule has 0 radical (unpaired) electrons. The largest absolute Gasteiger partial charge is 0.467 e. The van der Waals surface area contributed by atoms with Gasteiger partial charge in [-0.2, -0.15) is 0 Å². The molecule has 1 aliphatic carbocycles. The van der Waals surface area contributed by atoms with Crippen LogP contribution in [0, 0.1) is 11.3 Å². The Kier molecular flexibility index (Phi) is 3.46. The smallest absolute Gasteiger partial charge is 0.126 e. The summed E-state index contributed by atoms with van der Waals surface area (Å²) in [5, 5.41) is 3.63. The topological polar surface area (TPSA) is 25.2 Å². The summed E-state index contributed by atoms with van der Waals surface area (Å²) in [5.41, 5.74) is 0.494. The zero-order valence-electron chi connectivity index (χ0n) is 11.2. The SMILES string of the molecule is CC1(C)CC1CNC(c1ccco1)c1ccc(Cl)s1. The number of hydrogen-bond acceptors (Lipinski definition) is 3. The molecule has 3 rings (SSSR count). The molecule has 0 aliphatic heterocycles. The van der Waals surface area contributed by atoms with Crippen LogP contribution in [0.1, 0.15) is 36.9 Å². The van der Waals surface area contributed by atoms with Crippen molar-refractivity contribution in [1.82, 2.24) is 5.32 Å². The minimum absolute atomic E-state index is 0.115. The second-order valence-electron chi connectivity index (χ2n) is 5.89. The van der Waals surface area contributed by atoms with Crippen molar-refractivity contribution in [3.05, 3.63) is 45.5 Å². The van der Waals surface area contributed by atoms with Gasteiger partial charge in [-0.25, -0.2) is 0 Å². The molecule has 19 heavy (non-hydrogen) atoms. The van der Waals surface area contributed by atoms with Gasteiger partial charge >= 0.3 is 0 Å². The predicted octanol–water partition coefficient (Wildman–Crippen LogP) is 4.72. The minimum atomic E-state index is 0.115. The highest BCUT2D eigenvalue weighted by Crippen LogP contribution is 2.51. The Hall–Kier alpha value is -0.770. The molecule has 4 heteroatoms. The molecule has 0 amide bonds. The molecule has 2 aromatic rings. The first-order valence-corrected chi connectivity index (χ1v) is 7.78. The third kappa shape index (κ3) is 2.88. The summed E-state index contributed by atoms with van der Waals surface area (Å²) in [6.07, 6.45) is 3.02. The van der Waals surface area contributed by atoms with Crippen LogP contribution in [0.4, 0.5) is 0 Å². The molecular weight excluding hydrogens is 278 g/mol. The van der Waals surface area contributed by atoms with Gasteiger partial charge in [-0.1, -0.05) is 25.4 Å². The molecule has 2 heterocycles. The molecule has 2 unspecified atom stereocenters. The van der Waals surface area contributed by atoms with E-state index in [0.717, 1.165) is 22.6 Å². The van der Waals surface area contributed by atoms with Crippen molar-refractivity contribution >= 4 is 22.9 Å². The van der Waals surface area contributed by atoms with E-state index in [-0.39, 0.29) is 6.04 Å². The number of hydrogen-bond donors (Lipinski definition) is 1. The van der Waals surface area contributed by atoms with Crippen LogP contribution in [0.2, 0.25) is 4.34 Å². The first-order chi connectivity index (χ1) is 9.06. The summed E-state index contributed by atoms with van der Waals surface area (Å²) >= 11 is 7.66. The van der Waals surface area contributed by atoms with Crippen LogP contribution in [-0.2, 0) is 0 Å². The highest BCUT2D eigenvalue weighted by atomic mass is 35.5. The van der Waals surface area contributed by atoms with E-state index in [1.165, 1.54) is 11.3 Å². The Morgan fingerprint density at radius 3 is 2.79 bits per heavy atom. The first-order valence-electron chi connectivity index (χ1n) is 6.58. The van der Waals surface area contributed by atoms with Gasteiger partial charge in [0.1, 0.15) is 11.8 Å². The van der Waals surface area contributed by atoms with Crippen molar-refractivity contribution in [3.63, 3.8) is 0 Å². The molecule has 2 atom stereocenters. The predicted molar refractivity (Wildman–Crippen MR) is 79.8 cm³/mol. The lowest BCUT2D eigenvalue weighted by Crippen LogP contribution is -2.24. The van der Waals surface area contributed by atoms with Crippen molar-refractivity contribution in [2.75, 3.05) is 6.54 Å². The highest BCUT2D eigenvalue weighted by Gasteiger charge is 2.45. The van der Waals surface area contributed by atoms with Crippen LogP contribution >= 0.6 is 22.9 Å². The van der Waals surface area contributed by atoms with Crippen LogP contribution in [0.25, 0.3) is 0 Å². The van der Waals surface area contributed by atoms with Crippen molar-refractivity contribution in [3.8, 4) is 0 Å². The van der Waals surface area contributed by atoms with E-state index < -0.39 is 0 Å². The average Bonchev–Trinajstić information content (AvgIpc) is 2.83. The van der Waals surface area contributed by atoms with Crippen LogP contribution in [-0.4, -0.2) is 6.54 Å². The van der Waals surface area contributed by atoms with E-state index in [9.17, 15) is 0 Å². The van der Waals surface area contributed by atoms with Crippen LogP contribution in [0.15, 0.2) is 34.9 Å². The quantitative estimate of drug-likeness (QED) is 0.863. The number of furan rings is 1. The van der Waals surface area contributed by atoms with Crippen molar-refractivity contribution in [1.29, 1.82) is 0 Å². The molecule has 1 fully saturated rings. The summed E-state index contributed by atoms with van der Waals surface area (Å²) in [6, 6.07) is 8.08. The second-order valence-corrected chi connectivity index (χ2v) is 7.63. The Morgan fingerprint density at radius 2 is 2.26 bits per heavy atom. The molecule has 1 aliphatic rings. The summed E-state index contributed by atoms with van der Waals surface area (Å²) in [5.74, 6) is 1.72. The van der Waals surface area contributed by atoms with E-state index in [1.807, 2.05) is 18.2 Å². The van der Waals surface area contributed by atoms with Gasteiger partial charge < -0.3 is 9.73 Å². The van der Waals surface area contributed by atoms with Gasteiger partial charge in [0.25, 0.3) is 0 Å². The maximum atomic E-state index is 6.05. The van der Waals surface area contributed by atoms with Crippen LogP contribution in [0.5, 0.6) is 0 Å². The molecule has 1 N–H and O–H groups in total. The van der Waals surface area contributed by atoms with Gasteiger partial charge in [0.15, 0.2) is 0 Å². The Bertz CT molecular complexity index is 546. The normalized spacial score (nSPS) is 22.4. The zero-order chi connectivity index (χ0) is 13.5. The lowest BCUT2D eigenvalue weighted by atomic mass is 10.1. The summed E-state index contributed by atoms with van der Waals surface area (Å²) in [7, 11) is 0. The fraction of sp³-hybridized carbons (Fsp3) is 0.467. The van der Waals surface area contributed by atoms with E-state index in [1.54, 1.807) is 17.6 Å². The van der Waals surface area contributed by atoms with E-state index in [2.05, 4.69) is 25.2 Å². The average molecular weight is 296 g/mol. The molecule has 0 bridgehead atoms. The minimum Gasteiger partial charge on any atom is -0.467 e. The van der Waals surface area contributed by atoms with E-state index in [0.29, 0.717) is 5.41 Å². The number of halogens is 1. The maximum Gasteiger partial charge on any atom is 0.126 e. The van der Waals surface area contributed by atoms with Gasteiger partial charge in [-0.3, -0.25) is 0 Å². The number of rotatable bonds is 5. The molecule has 1 saturated carbocycles. The molecular formula is C15H18ClNOS. The molecule has 102 valence electrons. The van der Waals surface area contributed by atoms with Gasteiger partial charge in [0.05, 0.1) is 10.6 Å². The van der Waals surface area contributed by atoms with Gasteiger partial charge in [0.2, 0.25) is 0 Å². The summed E-state index contributed by atoms with van der Waals surface area (Å²) < 4.78 is 6.38. The Labute approximate surface area is 122 Å². The number of nitrogens with one attached hydrogen (secondary N) is 1. The lowest BCUT2D eigenvalue weighted by molar-refractivity contribution is 0.430. The molecule has 0 spiro atoms. The van der Waals surface area contributed by atoms with Gasteiger partial charge in [0, 0.05) is 4.88 Å².